The van der Waals surface area contributed by atoms with Gasteiger partial charge >= 0.3 is 0 Å². The molecule has 0 saturated carbocycles. The summed E-state index contributed by atoms with van der Waals surface area (Å²) in [6, 6.07) is 20.0. The van der Waals surface area contributed by atoms with Gasteiger partial charge in [0.2, 0.25) is 0 Å². The highest BCUT2D eigenvalue weighted by molar-refractivity contribution is 9.10. The number of nitrogens with zero attached hydrogens (tertiary/aromatic N) is 1. The van der Waals surface area contributed by atoms with E-state index in [1.165, 1.54) is 6.08 Å². The fourth-order valence-electron chi connectivity index (χ4n) is 2.97. The summed E-state index contributed by atoms with van der Waals surface area (Å²) in [7, 11) is 1.55. The van der Waals surface area contributed by atoms with Gasteiger partial charge in [-0.1, -0.05) is 69.5 Å². The Morgan fingerprint density at radius 1 is 1.13 bits per heavy atom. The number of amides is 1. The van der Waals surface area contributed by atoms with E-state index in [1.807, 2.05) is 30.3 Å². The molecule has 0 atom stereocenters. The largest absolute Gasteiger partial charge is 0.496 e. The fraction of sp³-hybridized carbons (Fsp3) is 0.0833. The van der Waals surface area contributed by atoms with Crippen molar-refractivity contribution in [1.29, 1.82) is 5.26 Å². The summed E-state index contributed by atoms with van der Waals surface area (Å²) in [5.74, 6) is 0.00119. The number of benzene rings is 3. The van der Waals surface area contributed by atoms with Crippen LogP contribution in [0.2, 0.25) is 10.0 Å². The molecule has 0 aliphatic heterocycles. The van der Waals surface area contributed by atoms with Gasteiger partial charge in [0.15, 0.2) is 0 Å². The second-order valence-corrected chi connectivity index (χ2v) is 8.22. The lowest BCUT2D eigenvalue weighted by Gasteiger charge is -2.13. The topological polar surface area (TPSA) is 62.1 Å². The van der Waals surface area contributed by atoms with Crippen LogP contribution in [0.1, 0.15) is 16.7 Å². The van der Waals surface area contributed by atoms with E-state index in [0.717, 1.165) is 15.6 Å². The molecule has 156 valence electrons. The molecule has 3 rings (SSSR count). The monoisotopic (exact) mass is 514 g/mol. The van der Waals surface area contributed by atoms with E-state index in [-0.39, 0.29) is 5.57 Å². The maximum atomic E-state index is 12.6. The first-order chi connectivity index (χ1) is 14.9. The SMILES string of the molecule is COc1cc(/C=C(\C#N)C(=O)Nc2ccccc2Cl)cc(Cl)c1Cc1ccccc1Br. The predicted octanol–water partition coefficient (Wildman–Crippen LogP) is 6.90. The van der Waals surface area contributed by atoms with E-state index >= 15 is 0 Å². The van der Waals surface area contributed by atoms with Gasteiger partial charge in [-0.25, -0.2) is 0 Å². The molecule has 3 aromatic carbocycles. The van der Waals surface area contributed by atoms with Crippen molar-refractivity contribution in [2.45, 2.75) is 6.42 Å². The van der Waals surface area contributed by atoms with Crippen molar-refractivity contribution >= 4 is 56.8 Å². The number of carbonyl (C=O) groups excluding carboxylic acids is 1. The zero-order valence-electron chi connectivity index (χ0n) is 16.5. The van der Waals surface area contributed by atoms with Gasteiger partial charge in [-0.05, 0) is 47.5 Å². The molecule has 0 fully saturated rings. The van der Waals surface area contributed by atoms with Crippen LogP contribution in [0.3, 0.4) is 0 Å². The molecule has 0 aliphatic carbocycles. The average molecular weight is 516 g/mol. The Bertz CT molecular complexity index is 1200. The summed E-state index contributed by atoms with van der Waals surface area (Å²) >= 11 is 16.2. The highest BCUT2D eigenvalue weighted by atomic mass is 79.9. The Hall–Kier alpha value is -2.78. The Morgan fingerprint density at radius 2 is 1.84 bits per heavy atom. The van der Waals surface area contributed by atoms with Crippen LogP contribution in [0.5, 0.6) is 5.75 Å². The number of nitrogens with one attached hydrogen (secondary N) is 1. The number of carbonyl (C=O) groups is 1. The molecule has 0 aliphatic rings. The molecule has 0 radical (unpaired) electrons. The van der Waals surface area contributed by atoms with Crippen molar-refractivity contribution in [3.63, 3.8) is 0 Å². The third-order valence-electron chi connectivity index (χ3n) is 4.52. The summed E-state index contributed by atoms with van der Waals surface area (Å²) in [6.07, 6.45) is 2.02. The van der Waals surface area contributed by atoms with Gasteiger partial charge in [0.25, 0.3) is 5.91 Å². The Kier molecular flexibility index (Phi) is 7.75. The van der Waals surface area contributed by atoms with Gasteiger partial charge in [0.05, 0.1) is 17.8 Å². The van der Waals surface area contributed by atoms with Crippen molar-refractivity contribution in [3.05, 3.63) is 97.4 Å². The Balaban J connectivity index is 1.91. The van der Waals surface area contributed by atoms with Gasteiger partial charge in [0.1, 0.15) is 17.4 Å². The van der Waals surface area contributed by atoms with Crippen LogP contribution >= 0.6 is 39.1 Å². The van der Waals surface area contributed by atoms with Gasteiger partial charge in [-0.3, -0.25) is 4.79 Å². The molecule has 1 N–H and O–H groups in total. The zero-order valence-corrected chi connectivity index (χ0v) is 19.6. The standard InChI is InChI=1S/C24H17BrCl2N2O2/c1-31-23-12-15(11-21(27)18(23)13-16-6-2-3-7-19(16)25)10-17(14-28)24(30)29-22-9-5-4-8-20(22)26/h2-12H,13H2,1H3,(H,29,30)/b17-10+. The van der Waals surface area contributed by atoms with Crippen LogP contribution in [0.25, 0.3) is 6.08 Å². The van der Waals surface area contributed by atoms with Crippen molar-refractivity contribution in [2.75, 3.05) is 12.4 Å². The summed E-state index contributed by atoms with van der Waals surface area (Å²) in [6.45, 7) is 0. The number of ether oxygens (including phenoxy) is 1. The lowest BCUT2D eigenvalue weighted by atomic mass is 10.0. The van der Waals surface area contributed by atoms with Crippen LogP contribution in [-0.4, -0.2) is 13.0 Å². The van der Waals surface area contributed by atoms with Crippen LogP contribution in [-0.2, 0) is 11.2 Å². The van der Waals surface area contributed by atoms with Crippen molar-refractivity contribution in [1.82, 2.24) is 0 Å². The molecule has 1 amide bonds. The average Bonchev–Trinajstić information content (AvgIpc) is 2.76. The number of halogens is 3. The van der Waals surface area contributed by atoms with Crippen LogP contribution in [0, 0.1) is 11.3 Å². The van der Waals surface area contributed by atoms with Gasteiger partial charge in [0, 0.05) is 21.5 Å². The molecule has 4 nitrogen and oxygen atoms in total. The first-order valence-corrected chi connectivity index (χ1v) is 10.7. The highest BCUT2D eigenvalue weighted by Gasteiger charge is 2.15. The molecular weight excluding hydrogens is 499 g/mol. The number of methoxy groups -OCH3 is 1. The van der Waals surface area contributed by atoms with Crippen LogP contribution < -0.4 is 10.1 Å². The first kappa shape index (κ1) is 22.9. The third-order valence-corrected chi connectivity index (χ3v) is 5.96. The molecule has 3 aromatic rings. The summed E-state index contributed by atoms with van der Waals surface area (Å²) < 4.78 is 6.51. The van der Waals surface area contributed by atoms with Crippen LogP contribution in [0.15, 0.2) is 70.7 Å². The lowest BCUT2D eigenvalue weighted by Crippen LogP contribution is -2.13. The summed E-state index contributed by atoms with van der Waals surface area (Å²) in [5.41, 5.74) is 2.78. The van der Waals surface area contributed by atoms with Gasteiger partial charge in [-0.2, -0.15) is 5.26 Å². The van der Waals surface area contributed by atoms with Crippen molar-refractivity contribution < 1.29 is 9.53 Å². The molecular formula is C24H17BrCl2N2O2. The molecule has 0 spiro atoms. The van der Waals surface area contributed by atoms with Gasteiger partial charge < -0.3 is 10.1 Å². The number of nitriles is 1. The normalized spacial score (nSPS) is 11.0. The number of para-hydroxylation sites is 1. The minimum atomic E-state index is -0.567. The second-order valence-electron chi connectivity index (χ2n) is 6.56. The van der Waals surface area contributed by atoms with E-state index in [2.05, 4.69) is 21.2 Å². The van der Waals surface area contributed by atoms with E-state index < -0.39 is 5.91 Å². The first-order valence-electron chi connectivity index (χ1n) is 9.20. The number of hydrogen-bond acceptors (Lipinski definition) is 3. The summed E-state index contributed by atoms with van der Waals surface area (Å²) in [4.78, 5) is 12.6. The van der Waals surface area contributed by atoms with Gasteiger partial charge in [-0.15, -0.1) is 0 Å². The molecule has 0 aromatic heterocycles. The number of rotatable bonds is 6. The molecule has 31 heavy (non-hydrogen) atoms. The smallest absolute Gasteiger partial charge is 0.266 e. The molecule has 0 heterocycles. The fourth-order valence-corrected chi connectivity index (χ4v) is 3.86. The Morgan fingerprint density at radius 3 is 2.52 bits per heavy atom. The highest BCUT2D eigenvalue weighted by Crippen LogP contribution is 2.33. The predicted molar refractivity (Wildman–Crippen MR) is 129 cm³/mol. The third kappa shape index (κ3) is 5.68. The van der Waals surface area contributed by atoms with E-state index in [1.54, 1.807) is 43.5 Å². The van der Waals surface area contributed by atoms with Crippen molar-refractivity contribution in [3.8, 4) is 11.8 Å². The maximum Gasteiger partial charge on any atom is 0.266 e. The van der Waals surface area contributed by atoms with Crippen LogP contribution in [0.4, 0.5) is 5.69 Å². The quantitative estimate of drug-likeness (QED) is 0.287. The Labute approximate surface area is 199 Å². The summed E-state index contributed by atoms with van der Waals surface area (Å²) in [5, 5.41) is 13.0. The number of anilines is 1. The molecule has 0 saturated heterocycles. The zero-order chi connectivity index (χ0) is 22.4. The number of hydrogen-bond donors (Lipinski definition) is 1. The molecule has 0 bridgehead atoms. The van der Waals surface area contributed by atoms with E-state index in [0.29, 0.717) is 33.5 Å². The molecule has 0 unspecified atom stereocenters. The molecule has 7 heteroatoms. The minimum Gasteiger partial charge on any atom is -0.496 e. The van der Waals surface area contributed by atoms with E-state index in [4.69, 9.17) is 27.9 Å². The minimum absolute atomic E-state index is 0.0865. The van der Waals surface area contributed by atoms with Crippen molar-refractivity contribution in [2.24, 2.45) is 0 Å². The maximum absolute atomic E-state index is 12.6. The second kappa shape index (κ2) is 10.5. The van der Waals surface area contributed by atoms with E-state index in [9.17, 15) is 10.1 Å². The lowest BCUT2D eigenvalue weighted by molar-refractivity contribution is -0.112.